The minimum Gasteiger partial charge on any atom is -0.393 e. The number of hydrogen-bond acceptors (Lipinski definition) is 4. The molecular formula is C10H18N2O3. The molecule has 1 aliphatic heterocycles. The Labute approximate surface area is 89.4 Å². The number of likely N-dealkylation sites (N-methyl/N-ethyl adjacent to an activating group) is 1. The van der Waals surface area contributed by atoms with Crippen molar-refractivity contribution >= 4 is 11.8 Å². The van der Waals surface area contributed by atoms with Crippen LogP contribution in [0.15, 0.2) is 0 Å². The van der Waals surface area contributed by atoms with Crippen LogP contribution in [0, 0.1) is 0 Å². The van der Waals surface area contributed by atoms with Gasteiger partial charge in [-0.1, -0.05) is 6.92 Å². The van der Waals surface area contributed by atoms with Crippen LogP contribution in [0.3, 0.4) is 0 Å². The third-order valence-corrected chi connectivity index (χ3v) is 2.72. The predicted octanol–water partition coefficient (Wildman–Crippen LogP) is -0.506. The van der Waals surface area contributed by atoms with Crippen LogP contribution in [0.25, 0.3) is 0 Å². The van der Waals surface area contributed by atoms with E-state index in [0.717, 1.165) is 4.90 Å². The Balaban J connectivity index is 2.29. The summed E-state index contributed by atoms with van der Waals surface area (Å²) in [7, 11) is 1.49. The number of likely N-dealkylation sites (tertiary alicyclic amines) is 1. The monoisotopic (exact) mass is 214 g/mol. The van der Waals surface area contributed by atoms with Crippen LogP contribution in [0.1, 0.15) is 26.2 Å². The highest BCUT2D eigenvalue weighted by Gasteiger charge is 2.35. The zero-order valence-corrected chi connectivity index (χ0v) is 9.19. The van der Waals surface area contributed by atoms with E-state index in [1.165, 1.54) is 7.05 Å². The normalized spacial score (nSPS) is 23.7. The number of nitrogens with one attached hydrogen (secondary N) is 1. The smallest absolute Gasteiger partial charge is 0.246 e. The second kappa shape index (κ2) is 5.23. The second-order valence-electron chi connectivity index (χ2n) is 3.85. The maximum atomic E-state index is 11.4. The number of carbonyl (C=O) groups is 2. The van der Waals surface area contributed by atoms with Gasteiger partial charge in [0.25, 0.3) is 0 Å². The molecule has 1 fully saturated rings. The van der Waals surface area contributed by atoms with Gasteiger partial charge in [-0.3, -0.25) is 14.5 Å². The van der Waals surface area contributed by atoms with Crippen molar-refractivity contribution in [1.29, 1.82) is 0 Å². The molecule has 5 heteroatoms. The number of hydrogen-bond donors (Lipinski definition) is 2. The molecule has 1 saturated heterocycles. The Morgan fingerprint density at radius 2 is 2.27 bits per heavy atom. The summed E-state index contributed by atoms with van der Waals surface area (Å²) in [6.07, 6.45) is 1.22. The van der Waals surface area contributed by atoms with Crippen molar-refractivity contribution in [3.8, 4) is 0 Å². The van der Waals surface area contributed by atoms with E-state index in [4.69, 9.17) is 0 Å². The Morgan fingerprint density at radius 1 is 1.60 bits per heavy atom. The molecule has 0 saturated carbocycles. The molecule has 0 aliphatic carbocycles. The fourth-order valence-electron chi connectivity index (χ4n) is 1.54. The summed E-state index contributed by atoms with van der Waals surface area (Å²) in [5.41, 5.74) is 0. The van der Waals surface area contributed by atoms with Gasteiger partial charge in [-0.15, -0.1) is 0 Å². The van der Waals surface area contributed by atoms with E-state index >= 15 is 0 Å². The lowest BCUT2D eigenvalue weighted by Crippen LogP contribution is -2.38. The number of amides is 2. The highest BCUT2D eigenvalue weighted by atomic mass is 16.3. The summed E-state index contributed by atoms with van der Waals surface area (Å²) in [4.78, 5) is 23.8. The number of imide groups is 1. The molecule has 15 heavy (non-hydrogen) atoms. The fourth-order valence-corrected chi connectivity index (χ4v) is 1.54. The Hall–Kier alpha value is -0.940. The summed E-state index contributed by atoms with van der Waals surface area (Å²) in [6, 6.07) is -0.397. The zero-order valence-electron chi connectivity index (χ0n) is 9.19. The lowest BCUT2D eigenvalue weighted by atomic mass is 10.2. The molecule has 1 heterocycles. The zero-order chi connectivity index (χ0) is 11.4. The maximum absolute atomic E-state index is 11.4. The minimum atomic E-state index is -0.397. The van der Waals surface area contributed by atoms with E-state index < -0.39 is 6.04 Å². The third kappa shape index (κ3) is 3.00. The fraction of sp³-hybridized carbons (Fsp3) is 0.800. The molecule has 1 rings (SSSR count). The molecule has 2 atom stereocenters. The van der Waals surface area contributed by atoms with Crippen molar-refractivity contribution in [2.45, 2.75) is 38.3 Å². The van der Waals surface area contributed by atoms with Crippen LogP contribution in [0.2, 0.25) is 0 Å². The van der Waals surface area contributed by atoms with Gasteiger partial charge in [0.15, 0.2) is 0 Å². The summed E-state index contributed by atoms with van der Waals surface area (Å²) in [6.45, 7) is 2.47. The highest BCUT2D eigenvalue weighted by molar-refractivity contribution is 6.05. The number of carbonyl (C=O) groups excluding carboxylic acids is 2. The number of aliphatic hydroxyl groups excluding tert-OH is 1. The molecule has 1 aliphatic rings. The molecule has 0 bridgehead atoms. The Bertz CT molecular complexity index is 255. The lowest BCUT2D eigenvalue weighted by Gasteiger charge is -2.12. The van der Waals surface area contributed by atoms with Crippen molar-refractivity contribution in [1.82, 2.24) is 10.2 Å². The van der Waals surface area contributed by atoms with Gasteiger partial charge in [-0.2, -0.15) is 0 Å². The molecule has 0 aromatic heterocycles. The predicted molar refractivity (Wildman–Crippen MR) is 55.1 cm³/mol. The van der Waals surface area contributed by atoms with E-state index in [1.807, 2.05) is 6.92 Å². The van der Waals surface area contributed by atoms with Crippen LogP contribution >= 0.6 is 0 Å². The average Bonchev–Trinajstić information content (AvgIpc) is 2.46. The first-order valence-electron chi connectivity index (χ1n) is 5.28. The van der Waals surface area contributed by atoms with Crippen molar-refractivity contribution < 1.29 is 14.7 Å². The van der Waals surface area contributed by atoms with E-state index in [0.29, 0.717) is 19.4 Å². The van der Waals surface area contributed by atoms with Crippen LogP contribution in [-0.2, 0) is 9.59 Å². The van der Waals surface area contributed by atoms with Gasteiger partial charge in [0.1, 0.15) is 0 Å². The number of nitrogens with zero attached hydrogens (tertiary/aromatic N) is 1. The van der Waals surface area contributed by atoms with Crippen molar-refractivity contribution in [2.75, 3.05) is 13.6 Å². The van der Waals surface area contributed by atoms with Gasteiger partial charge in [0.2, 0.25) is 11.8 Å². The summed E-state index contributed by atoms with van der Waals surface area (Å²) >= 11 is 0. The van der Waals surface area contributed by atoms with Crippen LogP contribution in [0.5, 0.6) is 0 Å². The van der Waals surface area contributed by atoms with Gasteiger partial charge in [-0.05, 0) is 19.4 Å². The largest absolute Gasteiger partial charge is 0.393 e. The molecule has 0 aromatic rings. The van der Waals surface area contributed by atoms with E-state index in [1.54, 1.807) is 0 Å². The van der Waals surface area contributed by atoms with Crippen LogP contribution in [-0.4, -0.2) is 47.6 Å². The van der Waals surface area contributed by atoms with Crippen LogP contribution in [0.4, 0.5) is 0 Å². The Morgan fingerprint density at radius 3 is 2.73 bits per heavy atom. The molecule has 2 amide bonds. The van der Waals surface area contributed by atoms with Crippen molar-refractivity contribution in [3.05, 3.63) is 0 Å². The van der Waals surface area contributed by atoms with Crippen molar-refractivity contribution in [3.63, 3.8) is 0 Å². The van der Waals surface area contributed by atoms with E-state index in [2.05, 4.69) is 5.32 Å². The van der Waals surface area contributed by atoms with Gasteiger partial charge in [-0.25, -0.2) is 0 Å². The maximum Gasteiger partial charge on any atom is 0.246 e. The van der Waals surface area contributed by atoms with Crippen molar-refractivity contribution in [2.24, 2.45) is 0 Å². The first-order valence-corrected chi connectivity index (χ1v) is 5.28. The van der Waals surface area contributed by atoms with Crippen LogP contribution < -0.4 is 5.32 Å². The minimum absolute atomic E-state index is 0.145. The summed E-state index contributed by atoms with van der Waals surface area (Å²) in [5, 5.41) is 12.3. The van der Waals surface area contributed by atoms with Gasteiger partial charge in [0.05, 0.1) is 18.6 Å². The molecule has 0 aromatic carbocycles. The highest BCUT2D eigenvalue weighted by Crippen LogP contribution is 2.10. The summed E-state index contributed by atoms with van der Waals surface area (Å²) in [5.74, 6) is -0.320. The first-order chi connectivity index (χ1) is 7.06. The van der Waals surface area contributed by atoms with E-state index in [-0.39, 0.29) is 24.3 Å². The number of aliphatic hydroxyl groups is 1. The third-order valence-electron chi connectivity index (χ3n) is 2.72. The molecule has 2 unspecified atom stereocenters. The Kier molecular flexibility index (Phi) is 4.23. The molecule has 2 N–H and O–H groups in total. The standard InChI is InChI=1S/C10H18N2O3/c1-3-7(13)4-5-11-8-6-9(14)12(2)10(8)15/h7-8,11,13H,3-6H2,1-2H3. The van der Waals surface area contributed by atoms with E-state index in [9.17, 15) is 14.7 Å². The topological polar surface area (TPSA) is 69.6 Å². The summed E-state index contributed by atoms with van der Waals surface area (Å²) < 4.78 is 0. The first kappa shape index (κ1) is 12.1. The van der Waals surface area contributed by atoms with Gasteiger partial charge in [0, 0.05) is 7.05 Å². The number of rotatable bonds is 5. The molecular weight excluding hydrogens is 196 g/mol. The second-order valence-corrected chi connectivity index (χ2v) is 3.85. The average molecular weight is 214 g/mol. The SMILES string of the molecule is CCC(O)CCNC1CC(=O)N(C)C1=O. The van der Waals surface area contributed by atoms with Gasteiger partial charge < -0.3 is 10.4 Å². The quantitative estimate of drug-likeness (QED) is 0.605. The molecule has 5 nitrogen and oxygen atoms in total. The molecule has 86 valence electrons. The van der Waals surface area contributed by atoms with Gasteiger partial charge >= 0.3 is 0 Å². The molecule has 0 radical (unpaired) electrons. The lowest BCUT2D eigenvalue weighted by molar-refractivity contribution is -0.137. The molecule has 0 spiro atoms.